The molecular weight excluding hydrogens is 222 g/mol. The van der Waals surface area contributed by atoms with Crippen LogP contribution in [-0.4, -0.2) is 27.5 Å². The Kier molecular flexibility index (Phi) is 3.65. The number of rotatable bonds is 3. The highest BCUT2D eigenvalue weighted by Gasteiger charge is 2.19. The highest BCUT2D eigenvalue weighted by molar-refractivity contribution is 7.85. The van der Waals surface area contributed by atoms with E-state index < -0.39 is 10.8 Å². The van der Waals surface area contributed by atoms with Gasteiger partial charge in [-0.05, 0) is 31.5 Å². The molecule has 0 radical (unpaired) electrons. The van der Waals surface area contributed by atoms with Crippen molar-refractivity contribution in [1.82, 2.24) is 10.3 Å². The van der Waals surface area contributed by atoms with Gasteiger partial charge in [0, 0.05) is 18.0 Å². The Hall–Kier alpha value is -1.25. The summed E-state index contributed by atoms with van der Waals surface area (Å²) in [5.74, 6) is 0.547. The molecule has 1 aliphatic rings. The smallest absolute Gasteiger partial charge is 0.144 e. The van der Waals surface area contributed by atoms with Crippen LogP contribution in [0.5, 0.6) is 0 Å². The van der Waals surface area contributed by atoms with Crippen molar-refractivity contribution in [2.45, 2.75) is 23.9 Å². The van der Waals surface area contributed by atoms with Crippen molar-refractivity contribution in [3.63, 3.8) is 0 Å². The highest BCUT2D eigenvalue weighted by Crippen LogP contribution is 2.13. The predicted octanol–water partition coefficient (Wildman–Crippen LogP) is 0.813. The largest absolute Gasteiger partial charge is 0.313 e. The zero-order chi connectivity index (χ0) is 11.4. The van der Waals surface area contributed by atoms with Crippen LogP contribution in [0.15, 0.2) is 23.4 Å². The molecule has 2 heterocycles. The van der Waals surface area contributed by atoms with Crippen molar-refractivity contribution in [3.8, 4) is 6.07 Å². The summed E-state index contributed by atoms with van der Waals surface area (Å²) < 4.78 is 12.0. The van der Waals surface area contributed by atoms with Gasteiger partial charge in [0.1, 0.15) is 11.1 Å². The summed E-state index contributed by atoms with van der Waals surface area (Å²) >= 11 is 0. The van der Waals surface area contributed by atoms with Gasteiger partial charge in [-0.2, -0.15) is 5.26 Å². The number of nitrogens with one attached hydrogen (secondary N) is 1. The van der Waals surface area contributed by atoms with Crippen LogP contribution in [0, 0.1) is 11.3 Å². The van der Waals surface area contributed by atoms with Crippen LogP contribution in [0.3, 0.4) is 0 Å². The summed E-state index contributed by atoms with van der Waals surface area (Å²) in [5, 5.41) is 12.6. The van der Waals surface area contributed by atoms with E-state index >= 15 is 0 Å². The van der Waals surface area contributed by atoms with Crippen LogP contribution >= 0.6 is 0 Å². The third-order valence-electron chi connectivity index (χ3n) is 2.62. The first-order valence-corrected chi connectivity index (χ1v) is 6.60. The molecule has 2 atom stereocenters. The fourth-order valence-corrected chi connectivity index (χ4v) is 3.16. The first kappa shape index (κ1) is 11.2. The van der Waals surface area contributed by atoms with E-state index in [0.29, 0.717) is 22.4 Å². The normalized spacial score (nSPS) is 21.6. The van der Waals surface area contributed by atoms with Gasteiger partial charge >= 0.3 is 0 Å². The van der Waals surface area contributed by atoms with Crippen molar-refractivity contribution < 1.29 is 4.21 Å². The lowest BCUT2D eigenvalue weighted by Crippen LogP contribution is -2.28. The first-order chi connectivity index (χ1) is 7.81. The Morgan fingerprint density at radius 2 is 2.56 bits per heavy atom. The zero-order valence-corrected chi connectivity index (χ0v) is 9.67. The van der Waals surface area contributed by atoms with E-state index in [4.69, 9.17) is 5.26 Å². The molecule has 0 saturated carbocycles. The molecule has 1 aromatic rings. The maximum atomic E-state index is 12.0. The SMILES string of the molecule is N#Cc1cccnc1[S@](=O)C[C@H]1CCCN1. The van der Waals surface area contributed by atoms with Crippen LogP contribution in [-0.2, 0) is 10.8 Å². The van der Waals surface area contributed by atoms with Crippen molar-refractivity contribution in [2.75, 3.05) is 12.3 Å². The fourth-order valence-electron chi connectivity index (χ4n) is 1.82. The third-order valence-corrected chi connectivity index (χ3v) is 4.08. The quantitative estimate of drug-likeness (QED) is 0.842. The average molecular weight is 235 g/mol. The monoisotopic (exact) mass is 235 g/mol. The molecule has 16 heavy (non-hydrogen) atoms. The molecule has 0 amide bonds. The minimum absolute atomic E-state index is 0.300. The molecule has 84 valence electrons. The van der Waals surface area contributed by atoms with E-state index in [9.17, 15) is 4.21 Å². The summed E-state index contributed by atoms with van der Waals surface area (Å²) in [4.78, 5) is 4.04. The summed E-state index contributed by atoms with van der Waals surface area (Å²) in [6, 6.07) is 5.67. The van der Waals surface area contributed by atoms with Gasteiger partial charge in [0.25, 0.3) is 0 Å². The predicted molar refractivity (Wildman–Crippen MR) is 61.3 cm³/mol. The summed E-state index contributed by atoms with van der Waals surface area (Å²) in [6.45, 7) is 0.995. The number of hydrogen-bond acceptors (Lipinski definition) is 4. The summed E-state index contributed by atoms with van der Waals surface area (Å²) in [6.07, 6.45) is 3.77. The maximum absolute atomic E-state index is 12.0. The van der Waals surface area contributed by atoms with Gasteiger partial charge in [0.05, 0.1) is 16.4 Å². The topological polar surface area (TPSA) is 65.8 Å². The Balaban J connectivity index is 2.11. The number of pyridine rings is 1. The lowest BCUT2D eigenvalue weighted by atomic mass is 10.3. The average Bonchev–Trinajstić information content (AvgIpc) is 2.81. The number of hydrogen-bond donors (Lipinski definition) is 1. The second-order valence-corrected chi connectivity index (χ2v) is 5.18. The molecule has 0 aliphatic carbocycles. The van der Waals surface area contributed by atoms with Gasteiger partial charge in [-0.25, -0.2) is 4.98 Å². The minimum atomic E-state index is -1.18. The van der Waals surface area contributed by atoms with Gasteiger partial charge in [-0.1, -0.05) is 0 Å². The number of nitriles is 1. The van der Waals surface area contributed by atoms with Crippen molar-refractivity contribution in [1.29, 1.82) is 5.26 Å². The van der Waals surface area contributed by atoms with Gasteiger partial charge in [0.15, 0.2) is 0 Å². The molecule has 0 bridgehead atoms. The van der Waals surface area contributed by atoms with Crippen LogP contribution in [0.25, 0.3) is 0 Å². The Morgan fingerprint density at radius 3 is 3.25 bits per heavy atom. The lowest BCUT2D eigenvalue weighted by molar-refractivity contribution is 0.641. The molecule has 5 heteroatoms. The molecule has 2 rings (SSSR count). The van der Waals surface area contributed by atoms with Gasteiger partial charge in [-0.3, -0.25) is 4.21 Å². The van der Waals surface area contributed by atoms with Gasteiger partial charge < -0.3 is 5.32 Å². The molecular formula is C11H13N3OS. The number of nitrogens with zero attached hydrogens (tertiary/aromatic N) is 2. The van der Waals surface area contributed by atoms with Crippen LogP contribution in [0.2, 0.25) is 0 Å². The molecule has 1 aliphatic heterocycles. The Bertz CT molecular complexity index is 435. The van der Waals surface area contributed by atoms with E-state index in [-0.39, 0.29) is 0 Å². The standard InChI is InChI=1S/C11H13N3OS/c12-7-9-3-1-6-14-11(9)16(15)8-10-4-2-5-13-10/h1,3,6,10,13H,2,4-5,8H2/t10-,16-/m1/s1. The van der Waals surface area contributed by atoms with Crippen LogP contribution < -0.4 is 5.32 Å². The molecule has 0 aromatic carbocycles. The third kappa shape index (κ3) is 2.46. The van der Waals surface area contributed by atoms with Crippen LogP contribution in [0.4, 0.5) is 0 Å². The van der Waals surface area contributed by atoms with E-state index in [1.165, 1.54) is 0 Å². The van der Waals surface area contributed by atoms with Crippen molar-refractivity contribution in [3.05, 3.63) is 23.9 Å². The van der Waals surface area contributed by atoms with Gasteiger partial charge in [0.2, 0.25) is 0 Å². The zero-order valence-electron chi connectivity index (χ0n) is 8.85. The molecule has 1 aromatic heterocycles. The maximum Gasteiger partial charge on any atom is 0.144 e. The van der Waals surface area contributed by atoms with E-state index in [2.05, 4.69) is 10.3 Å². The molecule has 1 fully saturated rings. The second kappa shape index (κ2) is 5.19. The summed E-state index contributed by atoms with van der Waals surface area (Å²) in [5.41, 5.74) is 0.416. The van der Waals surface area contributed by atoms with E-state index in [1.807, 2.05) is 6.07 Å². The second-order valence-electron chi connectivity index (χ2n) is 3.77. The summed E-state index contributed by atoms with van der Waals surface area (Å²) in [7, 11) is -1.18. The van der Waals surface area contributed by atoms with E-state index in [0.717, 1.165) is 19.4 Å². The highest BCUT2D eigenvalue weighted by atomic mass is 32.2. The minimum Gasteiger partial charge on any atom is -0.313 e. The molecule has 4 nitrogen and oxygen atoms in total. The van der Waals surface area contributed by atoms with E-state index in [1.54, 1.807) is 18.3 Å². The van der Waals surface area contributed by atoms with Crippen molar-refractivity contribution >= 4 is 10.8 Å². The Morgan fingerprint density at radius 1 is 1.69 bits per heavy atom. The molecule has 0 unspecified atom stereocenters. The van der Waals surface area contributed by atoms with Crippen molar-refractivity contribution in [2.24, 2.45) is 0 Å². The van der Waals surface area contributed by atoms with Crippen LogP contribution in [0.1, 0.15) is 18.4 Å². The lowest BCUT2D eigenvalue weighted by Gasteiger charge is -2.09. The fraction of sp³-hybridized carbons (Fsp3) is 0.455. The number of aromatic nitrogens is 1. The molecule has 0 spiro atoms. The molecule has 1 N–H and O–H groups in total. The first-order valence-electron chi connectivity index (χ1n) is 5.28. The van der Waals surface area contributed by atoms with Gasteiger partial charge in [-0.15, -0.1) is 0 Å². The Labute approximate surface area is 97.2 Å². The molecule has 1 saturated heterocycles.